The number of nitrogens with one attached hydrogen (secondary N) is 2. The molecule has 2 aliphatic rings. The molecule has 2 heterocycles. The Balaban J connectivity index is 1.88. The summed E-state index contributed by atoms with van der Waals surface area (Å²) in [6.07, 6.45) is 0. The van der Waals surface area contributed by atoms with Gasteiger partial charge in [0.25, 0.3) is 0 Å². The van der Waals surface area contributed by atoms with Gasteiger partial charge in [-0.15, -0.1) is 0 Å². The number of nitrogens with zero attached hydrogens (tertiary/aromatic N) is 2. The van der Waals surface area contributed by atoms with Crippen LogP contribution in [0.4, 0.5) is 0 Å². The Kier molecular flexibility index (Phi) is 4.19. The van der Waals surface area contributed by atoms with Crippen molar-refractivity contribution in [3.63, 3.8) is 0 Å². The molecule has 0 aromatic carbocycles. The molecule has 18 heavy (non-hydrogen) atoms. The molecule has 2 atom stereocenters. The molecule has 0 radical (unpaired) electrons. The minimum Gasteiger partial charge on any atom is -0.353 e. The van der Waals surface area contributed by atoms with Gasteiger partial charge in [0.2, 0.25) is 11.8 Å². The highest BCUT2D eigenvalue weighted by atomic mass is 16.2. The van der Waals surface area contributed by atoms with E-state index >= 15 is 0 Å². The molecule has 0 aliphatic carbocycles. The molecule has 0 saturated carbocycles. The van der Waals surface area contributed by atoms with Gasteiger partial charge in [0.05, 0.1) is 6.54 Å². The predicted octanol–water partition coefficient (Wildman–Crippen LogP) is -1.37. The lowest BCUT2D eigenvalue weighted by Gasteiger charge is -2.41. The summed E-state index contributed by atoms with van der Waals surface area (Å²) in [6.45, 7) is 8.46. The molecule has 2 saturated heterocycles. The molecule has 2 amide bonds. The summed E-state index contributed by atoms with van der Waals surface area (Å²) in [5, 5.41) is 5.71. The maximum Gasteiger partial charge on any atom is 0.241 e. The van der Waals surface area contributed by atoms with E-state index in [4.69, 9.17) is 0 Å². The third kappa shape index (κ3) is 2.81. The number of hydrogen-bond donors (Lipinski definition) is 2. The molecule has 102 valence electrons. The van der Waals surface area contributed by atoms with Crippen LogP contribution in [0.5, 0.6) is 0 Å². The molecule has 2 rings (SSSR count). The minimum atomic E-state index is -0.261. The van der Waals surface area contributed by atoms with E-state index in [2.05, 4.69) is 29.4 Å². The molecule has 6 heteroatoms. The maximum absolute atomic E-state index is 12.3. The number of piperazine rings is 2. The van der Waals surface area contributed by atoms with Gasteiger partial charge >= 0.3 is 0 Å². The van der Waals surface area contributed by atoms with Crippen molar-refractivity contribution >= 4 is 11.8 Å². The highest BCUT2D eigenvalue weighted by Crippen LogP contribution is 2.10. The molecule has 0 spiro atoms. The average molecular weight is 254 g/mol. The Bertz CT molecular complexity index is 324. The molecule has 2 N–H and O–H groups in total. The third-order valence-electron chi connectivity index (χ3n) is 3.79. The van der Waals surface area contributed by atoms with Gasteiger partial charge in [0.1, 0.15) is 6.04 Å². The predicted molar refractivity (Wildman–Crippen MR) is 68.1 cm³/mol. The molecule has 2 aliphatic heterocycles. The number of carbonyl (C=O) groups excluding carboxylic acids is 2. The minimum absolute atomic E-state index is 0.0387. The molecule has 0 bridgehead atoms. The first-order valence-corrected chi connectivity index (χ1v) is 6.64. The Morgan fingerprint density at radius 3 is 2.78 bits per heavy atom. The third-order valence-corrected chi connectivity index (χ3v) is 3.79. The standard InChI is InChI=1S/C12H22N4O2/c1-3-15-4-5-16(8-9(15)2)12(18)10-6-14-11(17)7-13-10/h9-10,13H,3-8H2,1-2H3,(H,14,17). The second-order valence-corrected chi connectivity index (χ2v) is 5.00. The van der Waals surface area contributed by atoms with E-state index in [0.29, 0.717) is 12.6 Å². The zero-order chi connectivity index (χ0) is 13.1. The number of amides is 2. The quantitative estimate of drug-likeness (QED) is 0.638. The van der Waals surface area contributed by atoms with Crippen molar-refractivity contribution in [3.05, 3.63) is 0 Å². The lowest BCUT2D eigenvalue weighted by molar-refractivity contribution is -0.137. The summed E-state index contributed by atoms with van der Waals surface area (Å²) in [5.41, 5.74) is 0. The summed E-state index contributed by atoms with van der Waals surface area (Å²) in [6, 6.07) is 0.147. The van der Waals surface area contributed by atoms with Gasteiger partial charge in [-0.05, 0) is 13.5 Å². The van der Waals surface area contributed by atoms with E-state index in [1.807, 2.05) is 4.90 Å². The Morgan fingerprint density at radius 2 is 2.22 bits per heavy atom. The molecule has 6 nitrogen and oxygen atoms in total. The molecular formula is C12H22N4O2. The number of hydrogen-bond acceptors (Lipinski definition) is 4. The van der Waals surface area contributed by atoms with Gasteiger partial charge in [0.15, 0.2) is 0 Å². The van der Waals surface area contributed by atoms with Crippen LogP contribution in [-0.2, 0) is 9.59 Å². The largest absolute Gasteiger partial charge is 0.353 e. The monoisotopic (exact) mass is 254 g/mol. The zero-order valence-electron chi connectivity index (χ0n) is 11.1. The SMILES string of the molecule is CCN1CCN(C(=O)C2CNC(=O)CN2)CC1C. The fourth-order valence-electron chi connectivity index (χ4n) is 2.63. The summed E-state index contributed by atoms with van der Waals surface area (Å²) in [7, 11) is 0. The molecule has 0 aromatic heterocycles. The van der Waals surface area contributed by atoms with Crippen LogP contribution in [0, 0.1) is 0 Å². The summed E-state index contributed by atoms with van der Waals surface area (Å²) < 4.78 is 0. The number of likely N-dealkylation sites (N-methyl/N-ethyl adjacent to an activating group) is 1. The van der Waals surface area contributed by atoms with Crippen molar-refractivity contribution in [1.29, 1.82) is 0 Å². The van der Waals surface area contributed by atoms with Crippen LogP contribution in [0.25, 0.3) is 0 Å². The van der Waals surface area contributed by atoms with E-state index in [-0.39, 0.29) is 24.4 Å². The van der Waals surface area contributed by atoms with Crippen molar-refractivity contribution < 1.29 is 9.59 Å². The van der Waals surface area contributed by atoms with E-state index in [1.165, 1.54) is 0 Å². The molecule has 2 fully saturated rings. The van der Waals surface area contributed by atoms with Crippen LogP contribution in [0.15, 0.2) is 0 Å². The van der Waals surface area contributed by atoms with Crippen LogP contribution >= 0.6 is 0 Å². The van der Waals surface area contributed by atoms with Crippen molar-refractivity contribution in [2.24, 2.45) is 0 Å². The fourth-order valence-corrected chi connectivity index (χ4v) is 2.63. The van der Waals surface area contributed by atoms with Crippen molar-refractivity contribution in [2.45, 2.75) is 25.9 Å². The van der Waals surface area contributed by atoms with E-state index < -0.39 is 0 Å². The van der Waals surface area contributed by atoms with Crippen molar-refractivity contribution in [2.75, 3.05) is 39.3 Å². The zero-order valence-corrected chi connectivity index (χ0v) is 11.1. The molecule has 2 unspecified atom stereocenters. The van der Waals surface area contributed by atoms with Gasteiger partial charge in [-0.25, -0.2) is 0 Å². The van der Waals surface area contributed by atoms with Gasteiger partial charge in [-0.2, -0.15) is 0 Å². The second kappa shape index (κ2) is 5.67. The lowest BCUT2D eigenvalue weighted by atomic mass is 10.1. The first kappa shape index (κ1) is 13.3. The number of rotatable bonds is 2. The van der Waals surface area contributed by atoms with E-state index in [1.54, 1.807) is 0 Å². The summed E-state index contributed by atoms with van der Waals surface area (Å²) >= 11 is 0. The first-order chi connectivity index (χ1) is 8.61. The Hall–Kier alpha value is -1.14. The average Bonchev–Trinajstić information content (AvgIpc) is 2.38. The van der Waals surface area contributed by atoms with Gasteiger partial charge in [-0.3, -0.25) is 19.8 Å². The fraction of sp³-hybridized carbons (Fsp3) is 0.833. The van der Waals surface area contributed by atoms with E-state index in [9.17, 15) is 9.59 Å². The topological polar surface area (TPSA) is 64.7 Å². The van der Waals surface area contributed by atoms with Gasteiger partial charge in [0, 0.05) is 32.2 Å². The Labute approximate surface area is 108 Å². The highest BCUT2D eigenvalue weighted by molar-refractivity contribution is 5.86. The molecule has 0 aromatic rings. The van der Waals surface area contributed by atoms with Crippen LogP contribution in [0.1, 0.15) is 13.8 Å². The smallest absolute Gasteiger partial charge is 0.241 e. The Morgan fingerprint density at radius 1 is 1.44 bits per heavy atom. The van der Waals surface area contributed by atoms with Gasteiger partial charge < -0.3 is 10.2 Å². The maximum atomic E-state index is 12.3. The van der Waals surface area contributed by atoms with Gasteiger partial charge in [-0.1, -0.05) is 6.92 Å². The van der Waals surface area contributed by atoms with Crippen LogP contribution in [-0.4, -0.2) is 73.0 Å². The van der Waals surface area contributed by atoms with Crippen molar-refractivity contribution in [3.8, 4) is 0 Å². The van der Waals surface area contributed by atoms with E-state index in [0.717, 1.165) is 26.2 Å². The first-order valence-electron chi connectivity index (χ1n) is 6.64. The van der Waals surface area contributed by atoms with Crippen LogP contribution in [0.2, 0.25) is 0 Å². The van der Waals surface area contributed by atoms with Crippen LogP contribution < -0.4 is 10.6 Å². The van der Waals surface area contributed by atoms with Crippen molar-refractivity contribution in [1.82, 2.24) is 20.4 Å². The second-order valence-electron chi connectivity index (χ2n) is 5.00. The van der Waals surface area contributed by atoms with Crippen LogP contribution in [0.3, 0.4) is 0 Å². The molecular weight excluding hydrogens is 232 g/mol. The number of carbonyl (C=O) groups is 2. The lowest BCUT2D eigenvalue weighted by Crippen LogP contribution is -2.62. The highest BCUT2D eigenvalue weighted by Gasteiger charge is 2.31. The summed E-state index contributed by atoms with van der Waals surface area (Å²) in [4.78, 5) is 27.6. The normalized spacial score (nSPS) is 30.1. The summed E-state index contributed by atoms with van der Waals surface area (Å²) in [5.74, 6) is 0.0702.